The van der Waals surface area contributed by atoms with Crippen LogP contribution in [-0.4, -0.2) is 24.3 Å². The van der Waals surface area contributed by atoms with Crippen LogP contribution in [0.4, 0.5) is 0 Å². The van der Waals surface area contributed by atoms with E-state index in [9.17, 15) is 9.90 Å². The van der Waals surface area contributed by atoms with Gasteiger partial charge in [-0.3, -0.25) is 4.79 Å². The smallest absolute Gasteiger partial charge is 0.307 e. The van der Waals surface area contributed by atoms with E-state index in [4.69, 9.17) is 9.15 Å². The van der Waals surface area contributed by atoms with Gasteiger partial charge in [0.15, 0.2) is 17.3 Å². The summed E-state index contributed by atoms with van der Waals surface area (Å²) in [4.78, 5) is 12.3. The van der Waals surface area contributed by atoms with E-state index < -0.39 is 5.91 Å². The maximum atomic E-state index is 12.3. The number of nitrogens with zero attached hydrogens (tertiary/aromatic N) is 1. The number of rotatable bonds is 6. The Morgan fingerprint density at radius 2 is 2.11 bits per heavy atom. The molecular formula is C20H16Br2N2O4. The second-order valence-electron chi connectivity index (χ2n) is 5.84. The lowest BCUT2D eigenvalue weighted by Crippen LogP contribution is -2.16. The number of aromatic hydroxyl groups is 1. The van der Waals surface area contributed by atoms with Crippen LogP contribution in [0.1, 0.15) is 21.7 Å². The number of nitrogens with one attached hydrogen (secondary N) is 1. The predicted molar refractivity (Wildman–Crippen MR) is 115 cm³/mol. The molecule has 0 unspecified atom stereocenters. The van der Waals surface area contributed by atoms with Crippen LogP contribution >= 0.6 is 31.9 Å². The Morgan fingerprint density at radius 3 is 2.82 bits per heavy atom. The number of furan rings is 1. The predicted octanol–water partition coefficient (Wildman–Crippen LogP) is 5.16. The Labute approximate surface area is 178 Å². The SMILES string of the molecule is C=CCc1cc(/C=N\NC(=O)c2cc3cc(Br)cc(Br)c3o2)cc(OC)c1O. The van der Waals surface area contributed by atoms with Crippen LogP contribution in [0.2, 0.25) is 0 Å². The first-order valence-electron chi connectivity index (χ1n) is 8.15. The zero-order valence-electron chi connectivity index (χ0n) is 14.8. The van der Waals surface area contributed by atoms with Gasteiger partial charge in [0, 0.05) is 15.4 Å². The third-order valence-electron chi connectivity index (χ3n) is 3.90. The number of hydrogen-bond donors (Lipinski definition) is 2. The zero-order valence-corrected chi connectivity index (χ0v) is 18.0. The number of hydrazone groups is 1. The third-order valence-corrected chi connectivity index (χ3v) is 4.95. The summed E-state index contributed by atoms with van der Waals surface area (Å²) in [7, 11) is 1.47. The monoisotopic (exact) mass is 506 g/mol. The van der Waals surface area contributed by atoms with Crippen molar-refractivity contribution in [3.05, 3.63) is 68.8 Å². The molecule has 0 saturated carbocycles. The summed E-state index contributed by atoms with van der Waals surface area (Å²) in [5, 5.41) is 14.9. The molecule has 0 aliphatic carbocycles. The fourth-order valence-corrected chi connectivity index (χ4v) is 3.98. The first kappa shape index (κ1) is 20.2. The topological polar surface area (TPSA) is 84.1 Å². The van der Waals surface area contributed by atoms with Gasteiger partial charge >= 0.3 is 5.91 Å². The number of benzene rings is 2. The zero-order chi connectivity index (χ0) is 20.3. The number of ether oxygens (including phenoxy) is 1. The molecule has 2 aromatic carbocycles. The summed E-state index contributed by atoms with van der Waals surface area (Å²) in [6.07, 6.45) is 3.61. The second-order valence-corrected chi connectivity index (χ2v) is 7.61. The second kappa shape index (κ2) is 8.62. The van der Waals surface area contributed by atoms with E-state index in [1.807, 2.05) is 12.1 Å². The van der Waals surface area contributed by atoms with E-state index in [0.717, 1.165) is 14.3 Å². The van der Waals surface area contributed by atoms with Gasteiger partial charge in [-0.1, -0.05) is 22.0 Å². The number of fused-ring (bicyclic) bond motifs is 1. The standard InChI is InChI=1S/C20H16Br2N2O4/c1-3-4-12-5-11(6-16(27-2)18(12)25)10-23-24-20(26)17-8-13-7-14(21)9-15(22)19(13)28-17/h3,5-10,25H,1,4H2,2H3,(H,24,26)/b23-10-. The van der Waals surface area contributed by atoms with E-state index >= 15 is 0 Å². The lowest BCUT2D eigenvalue weighted by molar-refractivity contribution is 0.0929. The molecule has 8 heteroatoms. The number of phenolic OH excluding ortho intramolecular Hbond substituents is 1. The minimum absolute atomic E-state index is 0.0580. The number of allylic oxidation sites excluding steroid dienone is 1. The van der Waals surface area contributed by atoms with Crippen LogP contribution < -0.4 is 10.2 Å². The van der Waals surface area contributed by atoms with Crippen molar-refractivity contribution in [3.63, 3.8) is 0 Å². The Hall–Kier alpha value is -2.58. The maximum Gasteiger partial charge on any atom is 0.307 e. The minimum atomic E-state index is -0.479. The van der Waals surface area contributed by atoms with Crippen LogP contribution in [0.3, 0.4) is 0 Å². The van der Waals surface area contributed by atoms with Crippen LogP contribution in [0, 0.1) is 0 Å². The van der Waals surface area contributed by atoms with E-state index in [1.165, 1.54) is 13.3 Å². The number of hydrogen-bond acceptors (Lipinski definition) is 5. The number of phenols is 1. The number of halogens is 2. The number of amides is 1. The van der Waals surface area contributed by atoms with E-state index in [1.54, 1.807) is 24.3 Å². The molecule has 2 N–H and O–H groups in total. The maximum absolute atomic E-state index is 12.3. The number of carbonyl (C=O) groups excluding carboxylic acids is 1. The van der Waals surface area contributed by atoms with Gasteiger partial charge in [-0.2, -0.15) is 5.10 Å². The lowest BCUT2D eigenvalue weighted by Gasteiger charge is -2.09. The molecule has 28 heavy (non-hydrogen) atoms. The Bertz CT molecular complexity index is 1090. The molecule has 0 radical (unpaired) electrons. The van der Waals surface area contributed by atoms with Crippen LogP contribution in [0.15, 0.2) is 61.5 Å². The summed E-state index contributed by atoms with van der Waals surface area (Å²) >= 11 is 6.81. The molecule has 0 atom stereocenters. The highest BCUT2D eigenvalue weighted by molar-refractivity contribution is 9.11. The van der Waals surface area contributed by atoms with Gasteiger partial charge in [0.25, 0.3) is 0 Å². The number of carbonyl (C=O) groups is 1. The summed E-state index contributed by atoms with van der Waals surface area (Å²) < 4.78 is 12.4. The van der Waals surface area contributed by atoms with E-state index in [0.29, 0.717) is 28.9 Å². The quantitative estimate of drug-likeness (QED) is 0.274. The van der Waals surface area contributed by atoms with E-state index in [-0.39, 0.29) is 11.5 Å². The molecular weight excluding hydrogens is 492 g/mol. The molecule has 0 fully saturated rings. The van der Waals surface area contributed by atoms with Crippen molar-refractivity contribution < 1.29 is 19.1 Å². The molecule has 0 spiro atoms. The van der Waals surface area contributed by atoms with Crippen molar-refractivity contribution in [2.24, 2.45) is 5.10 Å². The number of methoxy groups -OCH3 is 1. The largest absolute Gasteiger partial charge is 0.504 e. The summed E-state index contributed by atoms with van der Waals surface area (Å²) in [5.74, 6) is 0.0385. The Morgan fingerprint density at radius 1 is 1.32 bits per heavy atom. The van der Waals surface area contributed by atoms with Crippen molar-refractivity contribution in [3.8, 4) is 11.5 Å². The normalized spacial score (nSPS) is 11.1. The third kappa shape index (κ3) is 4.28. The van der Waals surface area contributed by atoms with Crippen LogP contribution in [0.5, 0.6) is 11.5 Å². The van der Waals surface area contributed by atoms with Crippen LogP contribution in [-0.2, 0) is 6.42 Å². The molecule has 1 aromatic heterocycles. The van der Waals surface area contributed by atoms with Gasteiger partial charge < -0.3 is 14.3 Å². The molecule has 3 rings (SSSR count). The van der Waals surface area contributed by atoms with Crippen molar-refractivity contribution >= 4 is 55.0 Å². The first-order chi connectivity index (χ1) is 13.4. The average Bonchev–Trinajstić information content (AvgIpc) is 3.08. The van der Waals surface area contributed by atoms with Gasteiger partial charge in [-0.25, -0.2) is 5.43 Å². The van der Waals surface area contributed by atoms with Gasteiger partial charge in [0.2, 0.25) is 0 Å². The molecule has 3 aromatic rings. The summed E-state index contributed by atoms with van der Waals surface area (Å²) in [6.45, 7) is 3.67. The molecule has 6 nitrogen and oxygen atoms in total. The molecule has 0 bridgehead atoms. The van der Waals surface area contributed by atoms with Crippen molar-refractivity contribution in [1.82, 2.24) is 5.43 Å². The molecule has 144 valence electrons. The first-order valence-corrected chi connectivity index (χ1v) is 9.74. The molecule has 1 amide bonds. The molecule has 0 aliphatic rings. The minimum Gasteiger partial charge on any atom is -0.504 e. The van der Waals surface area contributed by atoms with Gasteiger partial charge in [-0.15, -0.1) is 6.58 Å². The van der Waals surface area contributed by atoms with Crippen molar-refractivity contribution in [2.75, 3.05) is 7.11 Å². The highest BCUT2D eigenvalue weighted by Crippen LogP contribution is 2.32. The Balaban J connectivity index is 1.79. The molecule has 1 heterocycles. The van der Waals surface area contributed by atoms with Gasteiger partial charge in [0.05, 0.1) is 17.8 Å². The molecule has 0 saturated heterocycles. The Kier molecular flexibility index (Phi) is 6.21. The average molecular weight is 508 g/mol. The van der Waals surface area contributed by atoms with Crippen LogP contribution in [0.25, 0.3) is 11.0 Å². The molecule has 0 aliphatic heterocycles. The lowest BCUT2D eigenvalue weighted by atomic mass is 10.1. The van der Waals surface area contributed by atoms with E-state index in [2.05, 4.69) is 49.0 Å². The fourth-order valence-electron chi connectivity index (χ4n) is 2.64. The summed E-state index contributed by atoms with van der Waals surface area (Å²) in [5.41, 5.74) is 4.31. The van der Waals surface area contributed by atoms with Crippen molar-refractivity contribution in [2.45, 2.75) is 6.42 Å². The highest BCUT2D eigenvalue weighted by atomic mass is 79.9. The fraction of sp³-hybridized carbons (Fsp3) is 0.100. The van der Waals surface area contributed by atoms with Gasteiger partial charge in [-0.05, 0) is 58.2 Å². The summed E-state index contributed by atoms with van der Waals surface area (Å²) in [6, 6.07) is 8.69. The van der Waals surface area contributed by atoms with Crippen molar-refractivity contribution in [1.29, 1.82) is 0 Å². The highest BCUT2D eigenvalue weighted by Gasteiger charge is 2.14. The van der Waals surface area contributed by atoms with Gasteiger partial charge in [0.1, 0.15) is 5.58 Å².